The van der Waals surface area contributed by atoms with E-state index in [2.05, 4.69) is 15.9 Å². The van der Waals surface area contributed by atoms with Gasteiger partial charge in [-0.3, -0.25) is 4.79 Å². The lowest BCUT2D eigenvalue weighted by Gasteiger charge is -2.09. The van der Waals surface area contributed by atoms with E-state index in [4.69, 9.17) is 0 Å². The van der Waals surface area contributed by atoms with Crippen LogP contribution in [0.1, 0.15) is 36.8 Å². The number of carbonyl (C=O) groups excluding carboxylic acids is 1. The number of rotatable bonds is 4. The Hall–Kier alpha value is -3.52. The van der Waals surface area contributed by atoms with Gasteiger partial charge < -0.3 is 14.6 Å². The molecule has 8 heteroatoms. The van der Waals surface area contributed by atoms with Gasteiger partial charge in [-0.05, 0) is 57.7 Å². The highest BCUT2D eigenvalue weighted by Gasteiger charge is 2.33. The molecule has 0 aliphatic carbocycles. The number of nitrogens with zero attached hydrogens (tertiary/aromatic N) is 1. The number of ketones is 1. The zero-order valence-electron chi connectivity index (χ0n) is 14.5. The molecule has 0 aliphatic heterocycles. The molecule has 0 aliphatic rings. The molecule has 0 fully saturated rings. The fourth-order valence-corrected chi connectivity index (χ4v) is 4.05. The normalized spacial score (nSPS) is 11.1. The van der Waals surface area contributed by atoms with Crippen LogP contribution in [0.4, 0.5) is 4.39 Å². The third-order valence-electron chi connectivity index (χ3n) is 4.61. The number of hydrogen-bond donors (Lipinski definition) is 2. The van der Waals surface area contributed by atoms with Crippen molar-refractivity contribution in [3.63, 3.8) is 0 Å². The van der Waals surface area contributed by atoms with Crippen LogP contribution in [0.2, 0.25) is 0 Å². The third kappa shape index (κ3) is 2.89. The van der Waals surface area contributed by atoms with Crippen molar-refractivity contribution in [1.29, 1.82) is 0 Å². The quantitative estimate of drug-likeness (QED) is 0.437. The van der Waals surface area contributed by atoms with Crippen molar-refractivity contribution < 1.29 is 29.0 Å². The molecule has 0 radical (unpaired) electrons. The van der Waals surface area contributed by atoms with Gasteiger partial charge in [-0.15, -0.1) is 0 Å². The molecule has 2 heterocycles. The van der Waals surface area contributed by atoms with Gasteiger partial charge in [0.25, 0.3) is 0 Å². The molecule has 0 amide bonds. The molecule has 2 aromatic heterocycles. The zero-order valence-corrected chi connectivity index (χ0v) is 16.1. The number of carbonyl (C=O) groups is 3. The molecule has 2 aromatic carbocycles. The minimum atomic E-state index is -1.55. The summed E-state index contributed by atoms with van der Waals surface area (Å²) >= 11 is 3.31. The largest absolute Gasteiger partial charge is 0.478 e. The van der Waals surface area contributed by atoms with Crippen molar-refractivity contribution in [2.75, 3.05) is 0 Å². The summed E-state index contributed by atoms with van der Waals surface area (Å²) in [6.45, 7) is 0. The van der Waals surface area contributed by atoms with Crippen molar-refractivity contribution in [1.82, 2.24) is 4.40 Å². The molecule has 0 spiro atoms. The molecule has 0 bridgehead atoms. The Kier molecular flexibility index (Phi) is 4.43. The molecule has 0 saturated carbocycles. The molecule has 6 nitrogen and oxygen atoms in total. The fourth-order valence-electron chi connectivity index (χ4n) is 3.43. The summed E-state index contributed by atoms with van der Waals surface area (Å²) in [5.41, 5.74) is -0.877. The van der Waals surface area contributed by atoms with E-state index in [9.17, 15) is 29.0 Å². The van der Waals surface area contributed by atoms with Gasteiger partial charge in [-0.25, -0.2) is 14.0 Å². The van der Waals surface area contributed by atoms with Crippen LogP contribution in [0, 0.1) is 5.82 Å². The molecule has 0 saturated heterocycles. The van der Waals surface area contributed by atoms with E-state index in [1.807, 2.05) is 0 Å². The van der Waals surface area contributed by atoms with Gasteiger partial charge in [-0.2, -0.15) is 0 Å². The number of aromatic nitrogens is 1. The van der Waals surface area contributed by atoms with Crippen LogP contribution in [0.25, 0.3) is 16.4 Å². The van der Waals surface area contributed by atoms with Crippen LogP contribution in [-0.4, -0.2) is 32.3 Å². The number of carboxylic acids is 2. The van der Waals surface area contributed by atoms with Crippen LogP contribution < -0.4 is 0 Å². The number of fused-ring (bicyclic) bond motifs is 3. The van der Waals surface area contributed by atoms with Gasteiger partial charge in [-0.1, -0.05) is 18.2 Å². The van der Waals surface area contributed by atoms with E-state index in [0.717, 1.165) is 12.1 Å². The van der Waals surface area contributed by atoms with Crippen LogP contribution in [0.5, 0.6) is 0 Å². The zero-order chi connectivity index (χ0) is 20.9. The predicted molar refractivity (Wildman–Crippen MR) is 106 cm³/mol. The Morgan fingerprint density at radius 2 is 1.52 bits per heavy atom. The third-order valence-corrected chi connectivity index (χ3v) is 5.21. The summed E-state index contributed by atoms with van der Waals surface area (Å²) in [6.07, 6.45) is 0. The first-order valence-corrected chi connectivity index (χ1v) is 9.13. The maximum absolute atomic E-state index is 13.3. The van der Waals surface area contributed by atoms with Crippen molar-refractivity contribution in [2.24, 2.45) is 0 Å². The first kappa shape index (κ1) is 18.8. The predicted octanol–water partition coefficient (Wildman–Crippen LogP) is 4.62. The van der Waals surface area contributed by atoms with E-state index >= 15 is 0 Å². The van der Waals surface area contributed by atoms with Crippen molar-refractivity contribution in [2.45, 2.75) is 0 Å². The van der Waals surface area contributed by atoms with Gasteiger partial charge in [0, 0.05) is 10.0 Å². The van der Waals surface area contributed by atoms with E-state index < -0.39 is 34.7 Å². The number of carboxylic acid groups (broad SMARTS) is 2. The smallest absolute Gasteiger partial charge is 0.338 e. The number of aromatic carboxylic acids is 2. The summed E-state index contributed by atoms with van der Waals surface area (Å²) in [5, 5.41) is 20.2. The first-order chi connectivity index (χ1) is 13.8. The van der Waals surface area contributed by atoms with Crippen molar-refractivity contribution in [3.05, 3.63) is 87.3 Å². The van der Waals surface area contributed by atoms with Crippen LogP contribution in [0.15, 0.2) is 59.1 Å². The summed E-state index contributed by atoms with van der Waals surface area (Å²) in [5.74, 6) is -4.31. The maximum atomic E-state index is 13.3. The average molecular weight is 456 g/mol. The second-order valence-electron chi connectivity index (χ2n) is 6.28. The Morgan fingerprint density at radius 3 is 2.14 bits per heavy atom. The van der Waals surface area contributed by atoms with Crippen LogP contribution in [0.3, 0.4) is 0 Å². The molecular formula is C21H11BrFNO5. The molecule has 4 aromatic rings. The highest BCUT2D eigenvalue weighted by molar-refractivity contribution is 9.10. The minimum absolute atomic E-state index is 0.0364. The van der Waals surface area contributed by atoms with Gasteiger partial charge in [0.05, 0.1) is 11.0 Å². The molecule has 4 rings (SSSR count). The molecule has 0 atom stereocenters. The number of halogens is 2. The summed E-state index contributed by atoms with van der Waals surface area (Å²) in [4.78, 5) is 37.3. The van der Waals surface area contributed by atoms with E-state index in [1.165, 1.54) is 16.5 Å². The van der Waals surface area contributed by atoms with Crippen LogP contribution >= 0.6 is 15.9 Å². The fraction of sp³-hybridized carbons (Fsp3) is 0. The number of hydrogen-bond acceptors (Lipinski definition) is 3. The van der Waals surface area contributed by atoms with E-state index in [0.29, 0.717) is 15.4 Å². The lowest BCUT2D eigenvalue weighted by Crippen LogP contribution is -2.13. The lowest BCUT2D eigenvalue weighted by atomic mass is 10.0. The second-order valence-corrected chi connectivity index (χ2v) is 7.13. The summed E-state index contributed by atoms with van der Waals surface area (Å²) in [7, 11) is 0. The Morgan fingerprint density at radius 1 is 0.897 bits per heavy atom. The number of pyridine rings is 1. The molecule has 2 N–H and O–H groups in total. The minimum Gasteiger partial charge on any atom is -0.478 e. The molecule has 29 heavy (non-hydrogen) atoms. The van der Waals surface area contributed by atoms with Crippen molar-refractivity contribution in [3.8, 4) is 0 Å². The Bertz CT molecular complexity index is 1340. The maximum Gasteiger partial charge on any atom is 0.338 e. The van der Waals surface area contributed by atoms with E-state index in [1.54, 1.807) is 30.3 Å². The summed E-state index contributed by atoms with van der Waals surface area (Å²) < 4.78 is 14.9. The number of para-hydroxylation sites is 1. The van der Waals surface area contributed by atoms with Gasteiger partial charge in [0.1, 0.15) is 22.6 Å². The lowest BCUT2D eigenvalue weighted by molar-refractivity contribution is 0.0652. The van der Waals surface area contributed by atoms with E-state index in [-0.39, 0.29) is 16.8 Å². The Labute approximate surface area is 170 Å². The second kappa shape index (κ2) is 6.82. The van der Waals surface area contributed by atoms with Crippen molar-refractivity contribution >= 4 is 50.1 Å². The molecule has 0 unspecified atom stereocenters. The first-order valence-electron chi connectivity index (χ1n) is 8.33. The van der Waals surface area contributed by atoms with Gasteiger partial charge in [0.15, 0.2) is 0 Å². The number of benzene rings is 2. The Balaban J connectivity index is 2.24. The van der Waals surface area contributed by atoms with Gasteiger partial charge >= 0.3 is 11.9 Å². The molecular weight excluding hydrogens is 445 g/mol. The topological polar surface area (TPSA) is 96.1 Å². The highest BCUT2D eigenvalue weighted by Crippen LogP contribution is 2.35. The summed E-state index contributed by atoms with van der Waals surface area (Å²) in [6, 6.07) is 13.2. The van der Waals surface area contributed by atoms with Gasteiger partial charge in [0.2, 0.25) is 5.78 Å². The highest BCUT2D eigenvalue weighted by atomic mass is 79.9. The SMILES string of the molecule is O=C(O)c1c(C(=O)O)c2c(Br)cc3ccccc3n2c1C(=O)c1ccc(F)cc1. The average Bonchev–Trinajstić information content (AvgIpc) is 3.06. The standard InChI is InChI=1S/C21H11BrFNO5/c22-13-9-11-3-1-2-4-14(11)24-17(13)15(20(26)27)16(21(28)29)18(24)19(25)10-5-7-12(23)8-6-10/h1-9H,(H,26,27)(H,28,29). The van der Waals surface area contributed by atoms with Crippen LogP contribution in [-0.2, 0) is 0 Å². The monoisotopic (exact) mass is 455 g/mol. The molecule has 144 valence electrons.